The summed E-state index contributed by atoms with van der Waals surface area (Å²) in [5.74, 6) is 2.38. The maximum atomic E-state index is 13.6. The third-order valence-electron chi connectivity index (χ3n) is 7.44. The fourth-order valence-corrected chi connectivity index (χ4v) is 7.29. The summed E-state index contributed by atoms with van der Waals surface area (Å²) in [6.07, 6.45) is 6.22. The van der Waals surface area contributed by atoms with Crippen LogP contribution in [0.5, 0.6) is 5.75 Å². The fraction of sp³-hybridized carbons (Fsp3) is 0.406. The van der Waals surface area contributed by atoms with E-state index in [1.807, 2.05) is 18.2 Å². The zero-order chi connectivity index (χ0) is 30.0. The molecule has 1 fully saturated rings. The van der Waals surface area contributed by atoms with Gasteiger partial charge in [0.05, 0.1) is 28.5 Å². The van der Waals surface area contributed by atoms with Gasteiger partial charge in [0, 0.05) is 53.3 Å². The van der Waals surface area contributed by atoms with Crippen molar-refractivity contribution in [1.82, 2.24) is 15.0 Å². The zero-order valence-corrected chi connectivity index (χ0v) is 27.8. The number of pyridine rings is 1. The van der Waals surface area contributed by atoms with Crippen LogP contribution in [0.3, 0.4) is 0 Å². The zero-order valence-electron chi connectivity index (χ0n) is 25.3. The van der Waals surface area contributed by atoms with Crippen molar-refractivity contribution in [2.75, 3.05) is 49.1 Å². The molecule has 1 aliphatic rings. The van der Waals surface area contributed by atoms with E-state index in [4.69, 9.17) is 14.7 Å². The molecule has 0 radical (unpaired) electrons. The van der Waals surface area contributed by atoms with Crippen molar-refractivity contribution in [3.63, 3.8) is 0 Å². The van der Waals surface area contributed by atoms with E-state index in [-0.39, 0.29) is 0 Å². The van der Waals surface area contributed by atoms with Gasteiger partial charge in [0.25, 0.3) is 0 Å². The lowest BCUT2D eigenvalue weighted by molar-refractivity contribution is 0.414. The molecule has 0 spiro atoms. The quantitative estimate of drug-likeness (QED) is 0.148. The van der Waals surface area contributed by atoms with Crippen molar-refractivity contribution in [2.24, 2.45) is 0 Å². The lowest BCUT2D eigenvalue weighted by Gasteiger charge is -2.28. The Hall–Kier alpha value is -3.16. The summed E-state index contributed by atoms with van der Waals surface area (Å²) in [6.45, 7) is 12.0. The molecule has 0 saturated heterocycles. The number of halogens is 1. The molecular weight excluding hydrogens is 611 g/mol. The molecule has 0 atom stereocenters. The Bertz CT molecular complexity index is 1650. The van der Waals surface area contributed by atoms with E-state index in [1.165, 1.54) is 12.8 Å². The molecule has 0 bridgehead atoms. The van der Waals surface area contributed by atoms with Crippen molar-refractivity contribution in [1.29, 1.82) is 0 Å². The van der Waals surface area contributed by atoms with Gasteiger partial charge < -0.3 is 24.8 Å². The summed E-state index contributed by atoms with van der Waals surface area (Å²) in [5, 5.41) is 8.47. The average Bonchev–Trinajstić information content (AvgIpc) is 3.79. The van der Waals surface area contributed by atoms with Gasteiger partial charge in [-0.2, -0.15) is 4.98 Å². The largest absolute Gasteiger partial charge is 0.494 e. The minimum atomic E-state index is -2.68. The summed E-state index contributed by atoms with van der Waals surface area (Å²) in [5.41, 5.74) is 5.82. The Balaban J connectivity index is 1.46. The first-order valence-electron chi connectivity index (χ1n) is 14.6. The molecule has 0 unspecified atom stereocenters. The summed E-state index contributed by atoms with van der Waals surface area (Å²) in [4.78, 5) is 16.6. The number of nitrogens with one attached hydrogen (secondary N) is 2. The van der Waals surface area contributed by atoms with Gasteiger partial charge in [0.1, 0.15) is 18.7 Å². The molecule has 2 aromatic heterocycles. The summed E-state index contributed by atoms with van der Waals surface area (Å²) in [6, 6.07) is 12.2. The summed E-state index contributed by atoms with van der Waals surface area (Å²) >= 11 is 3.60. The number of methoxy groups -OCH3 is 1. The number of hydrogen-bond acceptors (Lipinski definition) is 8. The molecule has 0 aliphatic heterocycles. The van der Waals surface area contributed by atoms with Gasteiger partial charge >= 0.3 is 0 Å². The van der Waals surface area contributed by atoms with Gasteiger partial charge in [-0.3, -0.25) is 4.98 Å². The smallest absolute Gasteiger partial charge is 0.229 e. The monoisotopic (exact) mass is 650 g/mol. The summed E-state index contributed by atoms with van der Waals surface area (Å²) < 4.78 is 20.1. The number of aryl methyl sites for hydroxylation is 1. The topological polar surface area (TPSA) is 92.3 Å². The van der Waals surface area contributed by atoms with Crippen LogP contribution in [0.25, 0.3) is 10.9 Å². The van der Waals surface area contributed by atoms with Crippen LogP contribution in [0.1, 0.15) is 56.7 Å². The standard InChI is InChI=1S/C32H40BrN6O2P/c1-7-15-39(16-8-2)29-20(3)17-22(18-28(29)41-4)35-32-34-19-24(33)31(38-32)37-27-14-13-26-23(30(27)42(5,6)40)11-12-25(36-26)21-9-10-21/h11-14,17-19,21H,7-10,15-16H2,1-6H3,(H2,34,35,37,38). The van der Waals surface area contributed by atoms with E-state index in [2.05, 4.69) is 75.4 Å². The van der Waals surface area contributed by atoms with E-state index in [0.29, 0.717) is 22.2 Å². The minimum Gasteiger partial charge on any atom is -0.494 e. The number of fused-ring (bicyclic) bond motifs is 1. The highest BCUT2D eigenvalue weighted by Crippen LogP contribution is 2.44. The maximum Gasteiger partial charge on any atom is 0.229 e. The Morgan fingerprint density at radius 2 is 1.79 bits per heavy atom. The predicted octanol–water partition coefficient (Wildman–Crippen LogP) is 8.34. The van der Waals surface area contributed by atoms with Crippen LogP contribution < -0.4 is 25.6 Å². The molecule has 5 rings (SSSR count). The van der Waals surface area contributed by atoms with E-state index in [1.54, 1.807) is 26.6 Å². The number of hydrogen-bond donors (Lipinski definition) is 2. The number of benzene rings is 2. The van der Waals surface area contributed by atoms with E-state index in [0.717, 1.165) is 76.2 Å². The van der Waals surface area contributed by atoms with Crippen molar-refractivity contribution in [3.05, 3.63) is 58.3 Å². The molecule has 2 aromatic carbocycles. The van der Waals surface area contributed by atoms with Gasteiger partial charge in [0.15, 0.2) is 0 Å². The highest BCUT2D eigenvalue weighted by molar-refractivity contribution is 9.10. The van der Waals surface area contributed by atoms with Crippen LogP contribution in [0.2, 0.25) is 0 Å². The Labute approximate surface area is 257 Å². The normalized spacial score (nSPS) is 13.3. The van der Waals surface area contributed by atoms with Gasteiger partial charge in [-0.15, -0.1) is 0 Å². The minimum absolute atomic E-state index is 0.433. The SMILES string of the molecule is CCCN(CCC)c1c(C)cc(Nc2ncc(Br)c(Nc3ccc4nc(C5CC5)ccc4c3P(C)(C)=O)n2)cc1OC. The van der Waals surface area contributed by atoms with Crippen LogP contribution >= 0.6 is 23.1 Å². The molecule has 2 N–H and O–H groups in total. The maximum absolute atomic E-state index is 13.6. The molecule has 8 nitrogen and oxygen atoms in total. The van der Waals surface area contributed by atoms with Gasteiger partial charge in [-0.1, -0.05) is 19.9 Å². The molecule has 1 aliphatic carbocycles. The van der Waals surface area contributed by atoms with Crippen LogP contribution in [0.15, 0.2) is 47.1 Å². The first-order chi connectivity index (χ1) is 20.1. The number of aromatic nitrogens is 3. The molecule has 10 heteroatoms. The van der Waals surface area contributed by atoms with Crippen molar-refractivity contribution >= 4 is 68.1 Å². The number of ether oxygens (including phenoxy) is 1. The van der Waals surface area contributed by atoms with E-state index >= 15 is 0 Å². The average molecular weight is 652 g/mol. The predicted molar refractivity (Wildman–Crippen MR) is 180 cm³/mol. The molecule has 4 aromatic rings. The van der Waals surface area contributed by atoms with Crippen molar-refractivity contribution in [3.8, 4) is 5.75 Å². The number of anilines is 5. The lowest BCUT2D eigenvalue weighted by atomic mass is 10.1. The second kappa shape index (κ2) is 12.6. The van der Waals surface area contributed by atoms with Gasteiger partial charge in [-0.05, 0) is 91.7 Å². The lowest BCUT2D eigenvalue weighted by Crippen LogP contribution is -2.26. The summed E-state index contributed by atoms with van der Waals surface area (Å²) in [7, 11) is -0.968. The van der Waals surface area contributed by atoms with E-state index in [9.17, 15) is 4.57 Å². The fourth-order valence-electron chi connectivity index (χ4n) is 5.52. The van der Waals surface area contributed by atoms with Crippen LogP contribution in [0, 0.1) is 6.92 Å². The second-order valence-corrected chi connectivity index (χ2v) is 15.4. The molecular formula is C32H40BrN6O2P. The van der Waals surface area contributed by atoms with E-state index < -0.39 is 7.14 Å². The second-order valence-electron chi connectivity index (χ2n) is 11.4. The highest BCUT2D eigenvalue weighted by atomic mass is 79.9. The molecule has 42 heavy (non-hydrogen) atoms. The third-order valence-corrected chi connectivity index (χ3v) is 9.58. The third kappa shape index (κ3) is 6.57. The van der Waals surface area contributed by atoms with Crippen LogP contribution in [0.4, 0.5) is 28.8 Å². The van der Waals surface area contributed by atoms with Crippen LogP contribution in [-0.4, -0.2) is 48.5 Å². The number of rotatable bonds is 12. The Morgan fingerprint density at radius 1 is 1.05 bits per heavy atom. The first kappa shape index (κ1) is 30.3. The number of nitrogens with zero attached hydrogens (tertiary/aromatic N) is 4. The Kier molecular flexibility index (Phi) is 9.09. The Morgan fingerprint density at radius 3 is 2.43 bits per heavy atom. The molecule has 0 amide bonds. The van der Waals surface area contributed by atoms with Crippen molar-refractivity contribution < 1.29 is 9.30 Å². The van der Waals surface area contributed by atoms with Gasteiger partial charge in [0.2, 0.25) is 5.95 Å². The van der Waals surface area contributed by atoms with Crippen molar-refractivity contribution in [2.45, 2.75) is 52.4 Å². The molecule has 1 saturated carbocycles. The van der Waals surface area contributed by atoms with Gasteiger partial charge in [-0.25, -0.2) is 4.98 Å². The first-order valence-corrected chi connectivity index (χ1v) is 18.0. The molecule has 222 valence electrons. The van der Waals surface area contributed by atoms with Crippen LogP contribution in [-0.2, 0) is 4.57 Å². The highest BCUT2D eigenvalue weighted by Gasteiger charge is 2.27. The molecule has 2 heterocycles.